The fourth-order valence-electron chi connectivity index (χ4n) is 2.04. The molecule has 22 heavy (non-hydrogen) atoms. The van der Waals surface area contributed by atoms with Gasteiger partial charge in [-0.15, -0.1) is 0 Å². The molecule has 0 fully saturated rings. The second kappa shape index (κ2) is 6.29. The predicted molar refractivity (Wildman–Crippen MR) is 81.5 cm³/mol. The van der Waals surface area contributed by atoms with Crippen molar-refractivity contribution in [2.75, 3.05) is 4.57 Å². The number of rotatable bonds is 4. The third kappa shape index (κ3) is 4.73. The summed E-state index contributed by atoms with van der Waals surface area (Å²) in [7, 11) is -2.28. The maximum Gasteiger partial charge on any atom is 0.446 e. The van der Waals surface area contributed by atoms with Crippen LogP contribution in [0.15, 0.2) is 23.1 Å². The number of benzene rings is 1. The summed E-state index contributed by atoms with van der Waals surface area (Å²) in [5.74, 6) is -0.376. The third-order valence-corrected chi connectivity index (χ3v) is 5.22. The van der Waals surface area contributed by atoms with Crippen molar-refractivity contribution in [3.05, 3.63) is 28.3 Å². The number of carbonyl (C=O) groups excluding carboxylic acids is 1. The topological polar surface area (TPSA) is 63.5 Å². The van der Waals surface area contributed by atoms with Crippen molar-refractivity contribution in [1.29, 1.82) is 0 Å². The van der Waals surface area contributed by atoms with E-state index in [2.05, 4.69) is 0 Å². The number of carbonyl (C=O) groups is 1. The molecule has 5 nitrogen and oxygen atoms in total. The van der Waals surface area contributed by atoms with Crippen molar-refractivity contribution >= 4 is 37.3 Å². The highest BCUT2D eigenvalue weighted by Crippen LogP contribution is 2.41. The minimum absolute atomic E-state index is 0.0307. The van der Waals surface area contributed by atoms with Crippen LogP contribution in [0.4, 0.5) is 24.5 Å². The van der Waals surface area contributed by atoms with E-state index in [0.29, 0.717) is 0 Å². The van der Waals surface area contributed by atoms with Crippen molar-refractivity contribution in [3.8, 4) is 0 Å². The molecule has 0 radical (unpaired) electrons. The molecule has 1 aromatic rings. The van der Waals surface area contributed by atoms with Crippen molar-refractivity contribution in [3.63, 3.8) is 0 Å². The van der Waals surface area contributed by atoms with Crippen LogP contribution >= 0.6 is 11.8 Å². The molecule has 0 unspecified atom stereocenters. The Kier molecular flexibility index (Phi) is 5.28. The summed E-state index contributed by atoms with van der Waals surface area (Å²) in [5.41, 5.74) is -5.01. The van der Waals surface area contributed by atoms with Gasteiger partial charge in [0.05, 0.1) is 4.92 Å². The first-order chi connectivity index (χ1) is 9.83. The molecule has 0 saturated heterocycles. The smallest absolute Gasteiger partial charge is 0.336 e. The average molecular weight is 352 g/mol. The van der Waals surface area contributed by atoms with Gasteiger partial charge in [0, 0.05) is 17.9 Å². The molecule has 0 aromatic heterocycles. The number of hydrogen-bond acceptors (Lipinski definition) is 4. The first-order valence-corrected chi connectivity index (χ1v) is 10.4. The molecule has 0 saturated carbocycles. The van der Waals surface area contributed by atoms with Crippen molar-refractivity contribution in [2.24, 2.45) is 0 Å². The minimum atomic E-state index is -4.53. The number of alkyl halides is 3. The predicted octanol–water partition coefficient (Wildman–Crippen LogP) is 4.39. The van der Waals surface area contributed by atoms with Gasteiger partial charge in [-0.1, -0.05) is 19.6 Å². The molecule has 10 heteroatoms. The first-order valence-electron chi connectivity index (χ1n) is 6.18. The van der Waals surface area contributed by atoms with Crippen molar-refractivity contribution in [1.82, 2.24) is 0 Å². The van der Waals surface area contributed by atoms with Gasteiger partial charge in [-0.05, 0) is 23.9 Å². The molecule has 0 atom stereocenters. The van der Waals surface area contributed by atoms with Crippen LogP contribution in [0.2, 0.25) is 19.6 Å². The van der Waals surface area contributed by atoms with E-state index in [4.69, 9.17) is 0 Å². The quantitative estimate of drug-likeness (QED) is 0.349. The van der Waals surface area contributed by atoms with Gasteiger partial charge in [0.25, 0.3) is 5.69 Å². The average Bonchev–Trinajstić information content (AvgIpc) is 2.26. The van der Waals surface area contributed by atoms with Crippen molar-refractivity contribution in [2.45, 2.75) is 37.0 Å². The van der Waals surface area contributed by atoms with Crippen LogP contribution in [0.25, 0.3) is 0 Å². The van der Waals surface area contributed by atoms with E-state index >= 15 is 0 Å². The van der Waals surface area contributed by atoms with Crippen LogP contribution in [-0.2, 0) is 4.79 Å². The van der Waals surface area contributed by atoms with Gasteiger partial charge in [0.15, 0.2) is 8.24 Å². The van der Waals surface area contributed by atoms with Gasteiger partial charge in [-0.2, -0.15) is 13.2 Å². The van der Waals surface area contributed by atoms with Crippen LogP contribution < -0.4 is 4.57 Å². The molecule has 1 aromatic carbocycles. The van der Waals surface area contributed by atoms with Gasteiger partial charge in [-0.3, -0.25) is 14.9 Å². The van der Waals surface area contributed by atoms with Crippen LogP contribution in [0.3, 0.4) is 0 Å². The van der Waals surface area contributed by atoms with Gasteiger partial charge in [0.2, 0.25) is 5.91 Å². The molecule has 1 amide bonds. The largest absolute Gasteiger partial charge is 0.446 e. The number of thioether (sulfide) groups is 1. The lowest BCUT2D eigenvalue weighted by atomic mass is 10.2. The Labute approximate surface area is 130 Å². The summed E-state index contributed by atoms with van der Waals surface area (Å²) in [6.45, 7) is 6.73. The van der Waals surface area contributed by atoms with Crippen LogP contribution in [0, 0.1) is 10.1 Å². The molecule has 122 valence electrons. The van der Waals surface area contributed by atoms with Gasteiger partial charge in [-0.25, -0.2) is 0 Å². The zero-order chi connectivity index (χ0) is 17.3. The fraction of sp³-hybridized carbons (Fsp3) is 0.417. The number of nitro benzene ring substituents is 1. The lowest BCUT2D eigenvalue weighted by Gasteiger charge is -2.33. The maximum atomic E-state index is 12.4. The highest BCUT2D eigenvalue weighted by molar-refractivity contribution is 8.00. The summed E-state index contributed by atoms with van der Waals surface area (Å²) < 4.78 is 38.5. The number of amides is 1. The standard InChI is InChI=1S/C12H15F3N2O3SSi/c1-8(18)16(22(2,3)4)10-6-5-9(21-12(13,14)15)7-11(10)17(19)20/h5-7H,1-4H3. The van der Waals surface area contributed by atoms with E-state index in [-0.39, 0.29) is 16.5 Å². The third-order valence-electron chi connectivity index (χ3n) is 2.60. The fourth-order valence-corrected chi connectivity index (χ4v) is 4.47. The number of anilines is 1. The first kappa shape index (κ1) is 18.5. The van der Waals surface area contributed by atoms with E-state index < -0.39 is 36.1 Å². The molecule has 0 spiro atoms. The van der Waals surface area contributed by atoms with E-state index in [0.717, 1.165) is 12.1 Å². The monoisotopic (exact) mass is 352 g/mol. The zero-order valence-electron chi connectivity index (χ0n) is 12.4. The summed E-state index contributed by atoms with van der Waals surface area (Å²) in [6, 6.07) is 3.19. The van der Waals surface area contributed by atoms with Gasteiger partial charge in [0.1, 0.15) is 5.69 Å². The molecule has 0 aliphatic rings. The Morgan fingerprint density at radius 3 is 2.23 bits per heavy atom. The second-order valence-corrected chi connectivity index (χ2v) is 11.4. The molecule has 0 heterocycles. The minimum Gasteiger partial charge on any atom is -0.336 e. The van der Waals surface area contributed by atoms with E-state index in [1.807, 2.05) is 19.6 Å². The number of nitro groups is 1. The van der Waals surface area contributed by atoms with Gasteiger partial charge >= 0.3 is 5.51 Å². The molecular formula is C12H15F3N2O3SSi. The summed E-state index contributed by atoms with van der Waals surface area (Å²) >= 11 is -0.428. The lowest BCUT2D eigenvalue weighted by Crippen LogP contribution is -2.49. The van der Waals surface area contributed by atoms with Crippen LogP contribution in [0.5, 0.6) is 0 Å². The van der Waals surface area contributed by atoms with E-state index in [9.17, 15) is 28.1 Å². The normalized spacial score (nSPS) is 12.1. The Morgan fingerprint density at radius 2 is 1.86 bits per heavy atom. The second-order valence-electron chi connectivity index (χ2n) is 5.48. The number of nitrogens with zero attached hydrogens (tertiary/aromatic N) is 2. The molecule has 0 aliphatic carbocycles. The Morgan fingerprint density at radius 1 is 1.32 bits per heavy atom. The highest BCUT2D eigenvalue weighted by atomic mass is 32.2. The molecule has 0 N–H and O–H groups in total. The zero-order valence-corrected chi connectivity index (χ0v) is 14.2. The maximum absolute atomic E-state index is 12.4. The number of halogens is 3. The van der Waals surface area contributed by atoms with Crippen molar-refractivity contribution < 1.29 is 22.9 Å². The molecular weight excluding hydrogens is 337 g/mol. The Balaban J connectivity index is 3.42. The summed E-state index contributed by atoms with van der Waals surface area (Å²) in [6.07, 6.45) is 0. The van der Waals surface area contributed by atoms with E-state index in [1.165, 1.54) is 17.6 Å². The summed E-state index contributed by atoms with van der Waals surface area (Å²) in [4.78, 5) is 22.0. The molecule has 0 bridgehead atoms. The van der Waals surface area contributed by atoms with Gasteiger partial charge < -0.3 is 4.57 Å². The molecule has 1 rings (SSSR count). The SMILES string of the molecule is CC(=O)N(c1ccc(SC(F)(F)F)cc1[N+](=O)[O-])[Si](C)(C)C. The highest BCUT2D eigenvalue weighted by Gasteiger charge is 2.34. The van der Waals surface area contributed by atoms with Crippen LogP contribution in [0.1, 0.15) is 6.92 Å². The van der Waals surface area contributed by atoms with E-state index in [1.54, 1.807) is 0 Å². The van der Waals surface area contributed by atoms with Crippen LogP contribution in [-0.4, -0.2) is 24.6 Å². The molecule has 0 aliphatic heterocycles. The summed E-state index contributed by atoms with van der Waals surface area (Å²) in [5, 5.41) is 11.2. The Bertz CT molecular complexity index is 602. The lowest BCUT2D eigenvalue weighted by molar-refractivity contribution is -0.384. The number of hydrogen-bond donors (Lipinski definition) is 0. The Hall–Kier alpha value is -1.55.